The minimum atomic E-state index is -1.04. The third-order valence-electron chi connectivity index (χ3n) is 9.27. The quantitative estimate of drug-likeness (QED) is 0.157. The Hall–Kier alpha value is -5.38. The van der Waals surface area contributed by atoms with Crippen LogP contribution >= 0.6 is 11.6 Å². The summed E-state index contributed by atoms with van der Waals surface area (Å²) in [6.45, 7) is 7.67. The van der Waals surface area contributed by atoms with Gasteiger partial charge in [0.05, 0.1) is 6.20 Å². The van der Waals surface area contributed by atoms with E-state index in [2.05, 4.69) is 50.9 Å². The lowest BCUT2D eigenvalue weighted by Gasteiger charge is -2.37. The fraction of sp³-hybridized carbons (Fsp3) is 0.205. The molecular weight excluding hydrogens is 638 g/mol. The maximum absolute atomic E-state index is 12.1. The molecule has 0 radical (unpaired) electrons. The standard InChI is InChI=1S/C39H36ClN5O4/c1-3-36(46)42-30-10-12-33-26(20-30)4-5-28(37(33)25-6-8-29(40)9-7-25)24-44-16-18-45(19-17-44)31-11-13-34(39(47)48)35(22-31)49-32-21-27-14-15-43(2)38(27)41-23-32/h3,6-15,20-23H,1,4-5,16-19,24H2,2H3,(H,42,46)(H,47,48). The molecule has 7 rings (SSSR count). The number of nitrogens with zero attached hydrogens (tertiary/aromatic N) is 4. The number of amides is 1. The summed E-state index contributed by atoms with van der Waals surface area (Å²) in [7, 11) is 1.93. The number of carboxylic acid groups (broad SMARTS) is 1. The number of aromatic nitrogens is 2. The first-order chi connectivity index (χ1) is 23.7. The smallest absolute Gasteiger partial charge is 0.339 e. The molecule has 2 aliphatic rings. The average molecular weight is 674 g/mol. The second-order valence-electron chi connectivity index (χ2n) is 12.4. The van der Waals surface area contributed by atoms with E-state index in [1.165, 1.54) is 28.3 Å². The second kappa shape index (κ2) is 13.6. The van der Waals surface area contributed by atoms with Crippen molar-refractivity contribution in [3.63, 3.8) is 0 Å². The molecule has 10 heteroatoms. The van der Waals surface area contributed by atoms with Gasteiger partial charge < -0.3 is 24.6 Å². The zero-order chi connectivity index (χ0) is 34.1. The number of hydrogen-bond acceptors (Lipinski definition) is 6. The number of carbonyl (C=O) groups excluding carboxylic acids is 1. The van der Waals surface area contributed by atoms with Gasteiger partial charge in [0.2, 0.25) is 5.91 Å². The summed E-state index contributed by atoms with van der Waals surface area (Å²) in [5.41, 5.74) is 8.69. The van der Waals surface area contributed by atoms with Gasteiger partial charge in [-0.2, -0.15) is 0 Å². The highest BCUT2D eigenvalue weighted by Gasteiger charge is 2.25. The molecule has 1 saturated heterocycles. The summed E-state index contributed by atoms with van der Waals surface area (Å²) in [6.07, 6.45) is 6.61. The molecular formula is C39H36ClN5O4. The summed E-state index contributed by atoms with van der Waals surface area (Å²) in [5.74, 6) is -0.500. The molecule has 3 aromatic carbocycles. The van der Waals surface area contributed by atoms with Crippen LogP contribution in [0.5, 0.6) is 11.5 Å². The Bertz CT molecular complexity index is 2110. The monoisotopic (exact) mass is 673 g/mol. The first-order valence-electron chi connectivity index (χ1n) is 16.2. The van der Waals surface area contributed by atoms with E-state index in [0.717, 1.165) is 73.5 Å². The van der Waals surface area contributed by atoms with Crippen LogP contribution < -0.4 is 15.0 Å². The number of nitrogens with one attached hydrogen (secondary N) is 1. The second-order valence-corrected chi connectivity index (χ2v) is 12.8. The Morgan fingerprint density at radius 2 is 1.80 bits per heavy atom. The number of carboxylic acids is 1. The maximum Gasteiger partial charge on any atom is 0.339 e. The highest BCUT2D eigenvalue weighted by molar-refractivity contribution is 6.30. The van der Waals surface area contributed by atoms with Gasteiger partial charge >= 0.3 is 5.97 Å². The van der Waals surface area contributed by atoms with E-state index < -0.39 is 5.97 Å². The molecule has 0 spiro atoms. The highest BCUT2D eigenvalue weighted by Crippen LogP contribution is 2.38. The third kappa shape index (κ3) is 6.81. The number of halogens is 1. The molecule has 248 valence electrons. The Balaban J connectivity index is 1.10. The van der Waals surface area contributed by atoms with E-state index in [-0.39, 0.29) is 17.2 Å². The summed E-state index contributed by atoms with van der Waals surface area (Å²) in [4.78, 5) is 33.3. The van der Waals surface area contributed by atoms with E-state index >= 15 is 0 Å². The molecule has 2 aromatic heterocycles. The molecule has 1 amide bonds. The SMILES string of the molecule is C=CC(=O)Nc1ccc2c(c1)CCC(CN1CCN(c3ccc(C(=O)O)c(Oc4cnc5c(ccn5C)c4)c3)CC1)=C2c1ccc(Cl)cc1. The topological polar surface area (TPSA) is 99.9 Å². The van der Waals surface area contributed by atoms with Gasteiger partial charge in [0, 0.05) is 73.8 Å². The van der Waals surface area contributed by atoms with Crippen molar-refractivity contribution in [3.8, 4) is 11.5 Å². The van der Waals surface area contributed by atoms with Crippen molar-refractivity contribution in [2.75, 3.05) is 42.9 Å². The van der Waals surface area contributed by atoms with Crippen molar-refractivity contribution in [2.24, 2.45) is 7.05 Å². The lowest BCUT2D eigenvalue weighted by Crippen LogP contribution is -2.47. The van der Waals surface area contributed by atoms with Crippen molar-refractivity contribution >= 4 is 51.5 Å². The summed E-state index contributed by atoms with van der Waals surface area (Å²) >= 11 is 6.27. The number of pyridine rings is 1. The molecule has 0 unspecified atom stereocenters. The number of fused-ring (bicyclic) bond motifs is 2. The van der Waals surface area contributed by atoms with Crippen molar-refractivity contribution in [2.45, 2.75) is 12.8 Å². The van der Waals surface area contributed by atoms with Crippen LogP contribution in [0.1, 0.15) is 33.5 Å². The average Bonchev–Trinajstić information content (AvgIpc) is 3.48. The predicted octanol–water partition coefficient (Wildman–Crippen LogP) is 7.41. The van der Waals surface area contributed by atoms with Gasteiger partial charge in [-0.1, -0.05) is 36.4 Å². The number of ether oxygens (including phenoxy) is 1. The van der Waals surface area contributed by atoms with Crippen LogP contribution in [-0.4, -0.2) is 64.2 Å². The molecule has 2 N–H and O–H groups in total. The van der Waals surface area contributed by atoms with Crippen LogP contribution in [0, 0.1) is 0 Å². The van der Waals surface area contributed by atoms with Crippen LogP contribution in [0.2, 0.25) is 5.02 Å². The minimum Gasteiger partial charge on any atom is -0.478 e. The molecule has 0 atom stereocenters. The molecule has 0 bridgehead atoms. The number of anilines is 2. The van der Waals surface area contributed by atoms with Crippen molar-refractivity contribution in [3.05, 3.63) is 131 Å². The highest BCUT2D eigenvalue weighted by atomic mass is 35.5. The van der Waals surface area contributed by atoms with E-state index in [4.69, 9.17) is 16.3 Å². The lowest BCUT2D eigenvalue weighted by atomic mass is 9.81. The number of carbonyl (C=O) groups is 2. The Morgan fingerprint density at radius 1 is 1.00 bits per heavy atom. The molecule has 1 aliphatic carbocycles. The van der Waals surface area contributed by atoms with Gasteiger partial charge in [0.25, 0.3) is 0 Å². The molecule has 5 aromatic rings. The Labute approximate surface area is 289 Å². The largest absolute Gasteiger partial charge is 0.478 e. The van der Waals surface area contributed by atoms with Crippen LogP contribution in [0.15, 0.2) is 103 Å². The number of hydrogen-bond donors (Lipinski definition) is 2. The first kappa shape index (κ1) is 32.2. The molecule has 49 heavy (non-hydrogen) atoms. The lowest BCUT2D eigenvalue weighted by molar-refractivity contribution is -0.111. The summed E-state index contributed by atoms with van der Waals surface area (Å²) < 4.78 is 8.06. The van der Waals surface area contributed by atoms with E-state index in [0.29, 0.717) is 10.8 Å². The van der Waals surface area contributed by atoms with Gasteiger partial charge in [0.1, 0.15) is 22.7 Å². The number of aryl methyl sites for hydroxylation is 2. The van der Waals surface area contributed by atoms with E-state index in [9.17, 15) is 14.7 Å². The van der Waals surface area contributed by atoms with Gasteiger partial charge in [-0.25, -0.2) is 9.78 Å². The number of aromatic carboxylic acids is 1. The Kier molecular flexibility index (Phi) is 8.95. The Morgan fingerprint density at radius 3 is 2.55 bits per heavy atom. The number of benzene rings is 3. The zero-order valence-corrected chi connectivity index (χ0v) is 27.9. The van der Waals surface area contributed by atoms with Crippen molar-refractivity contribution in [1.29, 1.82) is 0 Å². The van der Waals surface area contributed by atoms with Gasteiger partial charge in [-0.05, 0) is 95.3 Å². The number of rotatable bonds is 9. The molecule has 1 fully saturated rings. The van der Waals surface area contributed by atoms with E-state index in [1.807, 2.05) is 60.3 Å². The summed E-state index contributed by atoms with van der Waals surface area (Å²) in [5, 5.41) is 14.4. The van der Waals surface area contributed by atoms with E-state index in [1.54, 1.807) is 12.3 Å². The van der Waals surface area contributed by atoms with Crippen LogP contribution in [0.25, 0.3) is 16.6 Å². The molecule has 9 nitrogen and oxygen atoms in total. The first-order valence-corrected chi connectivity index (χ1v) is 16.6. The van der Waals surface area contributed by atoms with Crippen molar-refractivity contribution < 1.29 is 19.4 Å². The maximum atomic E-state index is 12.1. The minimum absolute atomic E-state index is 0.102. The van der Waals surface area contributed by atoms with Gasteiger partial charge in [-0.3, -0.25) is 9.69 Å². The molecule has 3 heterocycles. The predicted molar refractivity (Wildman–Crippen MR) is 194 cm³/mol. The fourth-order valence-electron chi connectivity index (χ4n) is 6.77. The van der Waals surface area contributed by atoms with Crippen LogP contribution in [0.3, 0.4) is 0 Å². The van der Waals surface area contributed by atoms with Crippen LogP contribution in [-0.2, 0) is 18.3 Å². The molecule has 0 saturated carbocycles. The van der Waals surface area contributed by atoms with Gasteiger partial charge in [0.15, 0.2) is 0 Å². The normalized spacial score (nSPS) is 14.9. The summed E-state index contributed by atoms with van der Waals surface area (Å²) in [6, 6.07) is 23.2. The fourth-order valence-corrected chi connectivity index (χ4v) is 6.90. The molecule has 1 aliphatic heterocycles. The van der Waals surface area contributed by atoms with Gasteiger partial charge in [-0.15, -0.1) is 0 Å². The van der Waals surface area contributed by atoms with Crippen LogP contribution in [0.4, 0.5) is 11.4 Å². The van der Waals surface area contributed by atoms with Crippen molar-refractivity contribution in [1.82, 2.24) is 14.5 Å². The number of piperazine rings is 1. The zero-order valence-electron chi connectivity index (χ0n) is 27.2. The third-order valence-corrected chi connectivity index (χ3v) is 9.52.